The van der Waals surface area contributed by atoms with Gasteiger partial charge >= 0.3 is 0 Å². The molecule has 32 heavy (non-hydrogen) atoms. The number of benzene rings is 3. The average molecular weight is 424 g/mol. The molecule has 1 aliphatic rings. The van der Waals surface area contributed by atoms with Crippen LogP contribution in [0.4, 0.5) is 11.4 Å². The lowest BCUT2D eigenvalue weighted by Crippen LogP contribution is -2.29. The summed E-state index contributed by atoms with van der Waals surface area (Å²) in [5, 5.41) is 8.08. The molecule has 1 N–H and O–H groups in total. The molecule has 0 radical (unpaired) electrons. The van der Waals surface area contributed by atoms with Crippen molar-refractivity contribution in [1.82, 2.24) is 9.78 Å². The zero-order chi connectivity index (χ0) is 22.1. The van der Waals surface area contributed by atoms with Gasteiger partial charge in [-0.1, -0.05) is 36.4 Å². The highest BCUT2D eigenvalue weighted by Gasteiger charge is 2.25. The Morgan fingerprint density at radius 2 is 1.69 bits per heavy atom. The van der Waals surface area contributed by atoms with Crippen molar-refractivity contribution >= 4 is 34.0 Å². The van der Waals surface area contributed by atoms with Gasteiger partial charge in [0.1, 0.15) is 6.54 Å². The Bertz CT molecular complexity index is 1390. The van der Waals surface area contributed by atoms with Gasteiger partial charge in [-0.05, 0) is 48.4 Å². The van der Waals surface area contributed by atoms with Crippen LogP contribution in [0.25, 0.3) is 10.8 Å². The Labute approximate surface area is 183 Å². The van der Waals surface area contributed by atoms with Crippen molar-refractivity contribution in [2.24, 2.45) is 0 Å². The molecule has 2 amide bonds. The van der Waals surface area contributed by atoms with E-state index in [0.29, 0.717) is 23.2 Å². The average Bonchev–Trinajstić information content (AvgIpc) is 3.25. The molecule has 0 aliphatic carbocycles. The Hall–Kier alpha value is -4.26. The largest absolute Gasteiger partial charge is 0.324 e. The van der Waals surface area contributed by atoms with Crippen molar-refractivity contribution in [2.75, 3.05) is 16.8 Å². The molecular weight excluding hydrogens is 404 g/mol. The van der Waals surface area contributed by atoms with Gasteiger partial charge in [-0.2, -0.15) is 5.10 Å². The van der Waals surface area contributed by atoms with Gasteiger partial charge in [-0.3, -0.25) is 14.4 Å². The van der Waals surface area contributed by atoms with E-state index in [-0.39, 0.29) is 23.9 Å². The van der Waals surface area contributed by atoms with Crippen molar-refractivity contribution in [3.05, 3.63) is 100 Å². The Balaban J connectivity index is 1.27. The fourth-order valence-electron chi connectivity index (χ4n) is 3.98. The summed E-state index contributed by atoms with van der Waals surface area (Å²) in [4.78, 5) is 39.7. The van der Waals surface area contributed by atoms with E-state index in [2.05, 4.69) is 10.4 Å². The number of hydrogen-bond acceptors (Lipinski definition) is 4. The molecule has 5 rings (SSSR count). The van der Waals surface area contributed by atoms with Crippen LogP contribution in [0.2, 0.25) is 0 Å². The van der Waals surface area contributed by atoms with E-state index in [4.69, 9.17) is 0 Å². The zero-order valence-corrected chi connectivity index (χ0v) is 17.2. The van der Waals surface area contributed by atoms with Crippen LogP contribution in [0.5, 0.6) is 0 Å². The number of rotatable bonds is 4. The van der Waals surface area contributed by atoms with Crippen molar-refractivity contribution in [1.29, 1.82) is 0 Å². The van der Waals surface area contributed by atoms with Crippen LogP contribution in [-0.4, -0.2) is 28.1 Å². The molecule has 2 heterocycles. The minimum atomic E-state index is -0.373. The highest BCUT2D eigenvalue weighted by molar-refractivity contribution is 6.07. The number of fused-ring (bicyclic) bond motifs is 2. The number of carbonyl (C=O) groups is 2. The first-order chi connectivity index (χ1) is 15.6. The predicted octanol–water partition coefficient (Wildman–Crippen LogP) is 3.24. The van der Waals surface area contributed by atoms with E-state index in [9.17, 15) is 14.4 Å². The van der Waals surface area contributed by atoms with Crippen molar-refractivity contribution in [2.45, 2.75) is 13.0 Å². The topological polar surface area (TPSA) is 84.3 Å². The third-order valence-corrected chi connectivity index (χ3v) is 5.60. The maximum Gasteiger partial charge on any atom is 0.275 e. The second-order valence-electron chi connectivity index (χ2n) is 7.66. The number of hydrogen-bond donors (Lipinski definition) is 1. The molecule has 7 heteroatoms. The Kier molecular flexibility index (Phi) is 4.99. The molecule has 0 spiro atoms. The summed E-state index contributed by atoms with van der Waals surface area (Å²) in [6, 6.07) is 21.8. The predicted molar refractivity (Wildman–Crippen MR) is 123 cm³/mol. The quantitative estimate of drug-likeness (QED) is 0.545. The zero-order valence-electron chi connectivity index (χ0n) is 17.2. The van der Waals surface area contributed by atoms with Gasteiger partial charge in [0.05, 0.1) is 11.6 Å². The molecule has 0 fully saturated rings. The van der Waals surface area contributed by atoms with E-state index < -0.39 is 0 Å². The summed E-state index contributed by atoms with van der Waals surface area (Å²) >= 11 is 0. The second-order valence-corrected chi connectivity index (χ2v) is 7.66. The third kappa shape index (κ3) is 3.65. The monoisotopic (exact) mass is 424 g/mol. The SMILES string of the molecule is O=C(Cn1ncc2ccccc2c1=O)Nc1ccc(C(=O)N2CCc3ccccc32)cc1. The maximum absolute atomic E-state index is 12.9. The van der Waals surface area contributed by atoms with E-state index in [1.807, 2.05) is 30.3 Å². The van der Waals surface area contributed by atoms with Crippen LogP contribution in [0.15, 0.2) is 83.8 Å². The van der Waals surface area contributed by atoms with Crippen molar-refractivity contribution in [3.63, 3.8) is 0 Å². The highest BCUT2D eigenvalue weighted by atomic mass is 16.2. The number of carbonyl (C=O) groups excluding carboxylic acids is 2. The van der Waals surface area contributed by atoms with E-state index in [1.165, 1.54) is 5.56 Å². The molecule has 0 atom stereocenters. The molecule has 1 aliphatic heterocycles. The lowest BCUT2D eigenvalue weighted by atomic mass is 10.1. The number of nitrogens with zero attached hydrogens (tertiary/aromatic N) is 3. The number of anilines is 2. The van der Waals surface area contributed by atoms with Crippen LogP contribution < -0.4 is 15.8 Å². The second kappa shape index (κ2) is 8.11. The van der Waals surface area contributed by atoms with Gasteiger partial charge < -0.3 is 10.2 Å². The Morgan fingerprint density at radius 1 is 0.938 bits per heavy atom. The normalized spacial score (nSPS) is 12.6. The van der Waals surface area contributed by atoms with Crippen LogP contribution in [0.3, 0.4) is 0 Å². The fraction of sp³-hybridized carbons (Fsp3) is 0.120. The molecule has 1 aromatic heterocycles. The molecular formula is C25H20N4O3. The van der Waals surface area contributed by atoms with Gasteiger partial charge in [-0.15, -0.1) is 0 Å². The summed E-state index contributed by atoms with van der Waals surface area (Å²) in [7, 11) is 0. The molecule has 0 unspecified atom stereocenters. The van der Waals surface area contributed by atoms with E-state index >= 15 is 0 Å². The van der Waals surface area contributed by atoms with Crippen LogP contribution in [-0.2, 0) is 17.8 Å². The summed E-state index contributed by atoms with van der Waals surface area (Å²) in [6.07, 6.45) is 2.42. The van der Waals surface area contributed by atoms with Gasteiger partial charge in [-0.25, -0.2) is 4.68 Å². The molecule has 4 aromatic rings. The number of aromatic nitrogens is 2. The minimum Gasteiger partial charge on any atom is -0.324 e. The summed E-state index contributed by atoms with van der Waals surface area (Å²) < 4.78 is 1.14. The van der Waals surface area contributed by atoms with Gasteiger partial charge in [0, 0.05) is 28.9 Å². The Morgan fingerprint density at radius 3 is 2.53 bits per heavy atom. The van der Waals surface area contributed by atoms with Crippen molar-refractivity contribution in [3.8, 4) is 0 Å². The highest BCUT2D eigenvalue weighted by Crippen LogP contribution is 2.29. The van der Waals surface area contributed by atoms with E-state index in [1.54, 1.807) is 53.6 Å². The van der Waals surface area contributed by atoms with Gasteiger partial charge in [0.25, 0.3) is 11.5 Å². The summed E-state index contributed by atoms with van der Waals surface area (Å²) in [5.41, 5.74) is 2.89. The van der Waals surface area contributed by atoms with Gasteiger partial charge in [0.2, 0.25) is 5.91 Å². The molecule has 3 aromatic carbocycles. The first-order valence-corrected chi connectivity index (χ1v) is 10.3. The third-order valence-electron chi connectivity index (χ3n) is 5.60. The minimum absolute atomic E-state index is 0.0697. The molecule has 0 saturated heterocycles. The number of nitrogens with one attached hydrogen (secondary N) is 1. The smallest absolute Gasteiger partial charge is 0.275 e. The summed E-state index contributed by atoms with van der Waals surface area (Å²) in [5.74, 6) is -0.442. The van der Waals surface area contributed by atoms with Crippen molar-refractivity contribution < 1.29 is 9.59 Å². The van der Waals surface area contributed by atoms with Crippen LogP contribution >= 0.6 is 0 Å². The number of amides is 2. The van der Waals surface area contributed by atoms with Crippen LogP contribution in [0.1, 0.15) is 15.9 Å². The molecule has 7 nitrogen and oxygen atoms in total. The molecule has 0 saturated carbocycles. The summed E-state index contributed by atoms with van der Waals surface area (Å²) in [6.45, 7) is 0.457. The fourth-order valence-corrected chi connectivity index (χ4v) is 3.98. The number of para-hydroxylation sites is 1. The molecule has 0 bridgehead atoms. The standard InChI is InChI=1S/C25H20N4O3/c30-23(16-29-25(32)21-7-3-1-6-19(21)15-26-29)27-20-11-9-18(10-12-20)24(31)28-14-13-17-5-2-4-8-22(17)28/h1-12,15H,13-14,16H2,(H,27,30). The first kappa shape index (κ1) is 19.7. The lowest BCUT2D eigenvalue weighted by Gasteiger charge is -2.17. The maximum atomic E-state index is 12.9. The molecule has 158 valence electrons. The van der Waals surface area contributed by atoms with Crippen LogP contribution in [0, 0.1) is 0 Å². The first-order valence-electron chi connectivity index (χ1n) is 10.3. The van der Waals surface area contributed by atoms with Gasteiger partial charge in [0.15, 0.2) is 0 Å². The lowest BCUT2D eigenvalue weighted by molar-refractivity contribution is -0.117. The van der Waals surface area contributed by atoms with E-state index in [0.717, 1.165) is 22.2 Å².